The number of rotatable bonds is 5. The van der Waals surface area contributed by atoms with Gasteiger partial charge in [-0.2, -0.15) is 0 Å². The van der Waals surface area contributed by atoms with Crippen LogP contribution in [0.3, 0.4) is 0 Å². The Labute approximate surface area is 180 Å². The molecular weight excluding hydrogens is 390 g/mol. The van der Waals surface area contributed by atoms with E-state index in [0.717, 1.165) is 0 Å². The van der Waals surface area contributed by atoms with Crippen molar-refractivity contribution in [1.82, 2.24) is 19.5 Å². The standard InChI is InChI=1S/C24H23N5O2/c1-24(2,3)18-6-4-17(5-7-18)23(30)28-19-8-10-20(11-9-19)31-22-14-21(26-15-27-22)29-13-12-25-16-29/h4-16H,1-3H3,(H,28,30). The third-order valence-corrected chi connectivity index (χ3v) is 4.74. The van der Waals surface area contributed by atoms with Crippen LogP contribution in [-0.2, 0) is 5.41 Å². The Morgan fingerprint density at radius 1 is 1.00 bits per heavy atom. The van der Waals surface area contributed by atoms with Gasteiger partial charge in [0.25, 0.3) is 5.91 Å². The van der Waals surface area contributed by atoms with Crippen molar-refractivity contribution in [2.45, 2.75) is 26.2 Å². The van der Waals surface area contributed by atoms with Gasteiger partial charge in [-0.15, -0.1) is 0 Å². The molecule has 7 heteroatoms. The second-order valence-corrected chi connectivity index (χ2v) is 8.09. The third-order valence-electron chi connectivity index (χ3n) is 4.74. The number of carbonyl (C=O) groups excluding carboxylic acids is 1. The number of imidazole rings is 1. The normalized spacial score (nSPS) is 11.2. The zero-order valence-corrected chi connectivity index (χ0v) is 17.6. The average Bonchev–Trinajstić information content (AvgIpc) is 3.30. The van der Waals surface area contributed by atoms with Crippen LogP contribution in [-0.4, -0.2) is 25.4 Å². The lowest BCUT2D eigenvalue weighted by atomic mass is 9.87. The summed E-state index contributed by atoms with van der Waals surface area (Å²) in [6, 6.07) is 16.5. The van der Waals surface area contributed by atoms with E-state index in [1.54, 1.807) is 53.6 Å². The molecule has 7 nitrogen and oxygen atoms in total. The van der Waals surface area contributed by atoms with Crippen molar-refractivity contribution in [2.75, 3.05) is 5.32 Å². The first-order valence-electron chi connectivity index (χ1n) is 9.89. The summed E-state index contributed by atoms with van der Waals surface area (Å²) >= 11 is 0. The molecule has 0 spiro atoms. The minimum Gasteiger partial charge on any atom is -0.439 e. The van der Waals surface area contributed by atoms with Gasteiger partial charge in [-0.25, -0.2) is 15.0 Å². The topological polar surface area (TPSA) is 81.9 Å². The van der Waals surface area contributed by atoms with Gasteiger partial charge >= 0.3 is 0 Å². The number of benzene rings is 2. The van der Waals surface area contributed by atoms with E-state index in [-0.39, 0.29) is 11.3 Å². The Hall–Kier alpha value is -4.00. The number of nitrogens with one attached hydrogen (secondary N) is 1. The van der Waals surface area contributed by atoms with Gasteiger partial charge in [-0.3, -0.25) is 9.36 Å². The van der Waals surface area contributed by atoms with Gasteiger partial charge in [0.15, 0.2) is 0 Å². The van der Waals surface area contributed by atoms with E-state index >= 15 is 0 Å². The molecule has 0 aliphatic carbocycles. The highest BCUT2D eigenvalue weighted by atomic mass is 16.5. The fourth-order valence-electron chi connectivity index (χ4n) is 2.97. The molecule has 2 heterocycles. The summed E-state index contributed by atoms with van der Waals surface area (Å²) in [6.45, 7) is 6.43. The van der Waals surface area contributed by atoms with E-state index in [0.29, 0.717) is 28.7 Å². The van der Waals surface area contributed by atoms with Gasteiger partial charge < -0.3 is 10.1 Å². The van der Waals surface area contributed by atoms with E-state index in [2.05, 4.69) is 41.0 Å². The third kappa shape index (κ3) is 4.95. The largest absolute Gasteiger partial charge is 0.439 e. The second-order valence-electron chi connectivity index (χ2n) is 8.09. The SMILES string of the molecule is CC(C)(C)c1ccc(C(=O)Nc2ccc(Oc3cc(-n4ccnc4)ncn3)cc2)cc1. The molecule has 0 fully saturated rings. The number of carbonyl (C=O) groups is 1. The number of ether oxygens (including phenoxy) is 1. The molecule has 4 rings (SSSR count). The van der Waals surface area contributed by atoms with Crippen molar-refractivity contribution < 1.29 is 9.53 Å². The van der Waals surface area contributed by atoms with Crippen molar-refractivity contribution in [2.24, 2.45) is 0 Å². The lowest BCUT2D eigenvalue weighted by Gasteiger charge is -2.19. The summed E-state index contributed by atoms with van der Waals surface area (Å²) in [5.41, 5.74) is 2.53. The predicted molar refractivity (Wildman–Crippen MR) is 119 cm³/mol. The highest BCUT2D eigenvalue weighted by Crippen LogP contribution is 2.24. The Bertz CT molecular complexity index is 1160. The molecule has 1 N–H and O–H groups in total. The minimum absolute atomic E-state index is 0.0496. The number of amides is 1. The van der Waals surface area contributed by atoms with Gasteiger partial charge in [-0.05, 0) is 47.4 Å². The second kappa shape index (κ2) is 8.39. The first-order valence-corrected chi connectivity index (χ1v) is 9.89. The van der Waals surface area contributed by atoms with Gasteiger partial charge in [0.1, 0.15) is 24.2 Å². The van der Waals surface area contributed by atoms with Gasteiger partial charge in [-0.1, -0.05) is 32.9 Å². The number of aromatic nitrogens is 4. The van der Waals surface area contributed by atoms with Crippen LogP contribution in [0, 0.1) is 0 Å². The molecule has 0 aliphatic rings. The van der Waals surface area contributed by atoms with Gasteiger partial charge in [0.2, 0.25) is 5.88 Å². The van der Waals surface area contributed by atoms with Crippen LogP contribution in [0.2, 0.25) is 0 Å². The van der Waals surface area contributed by atoms with E-state index in [9.17, 15) is 4.79 Å². The maximum absolute atomic E-state index is 12.5. The average molecular weight is 413 g/mol. The molecule has 0 atom stereocenters. The zero-order chi connectivity index (χ0) is 21.8. The summed E-state index contributed by atoms with van der Waals surface area (Å²) in [5, 5.41) is 2.90. The first kappa shape index (κ1) is 20.3. The number of nitrogens with zero attached hydrogens (tertiary/aromatic N) is 4. The summed E-state index contributed by atoms with van der Waals surface area (Å²) < 4.78 is 7.57. The molecule has 0 unspecified atom stereocenters. The monoisotopic (exact) mass is 413 g/mol. The number of hydrogen-bond acceptors (Lipinski definition) is 5. The molecule has 2 aromatic heterocycles. The molecule has 1 amide bonds. The maximum Gasteiger partial charge on any atom is 0.255 e. The Kier molecular flexibility index (Phi) is 5.49. The van der Waals surface area contributed by atoms with Crippen LogP contribution in [0.4, 0.5) is 5.69 Å². The summed E-state index contributed by atoms with van der Waals surface area (Å²) in [5.74, 6) is 1.51. The fourth-order valence-corrected chi connectivity index (χ4v) is 2.97. The van der Waals surface area contributed by atoms with E-state index in [4.69, 9.17) is 4.74 Å². The van der Waals surface area contributed by atoms with Gasteiger partial charge in [0, 0.05) is 29.7 Å². The molecule has 156 valence electrons. The summed E-state index contributed by atoms with van der Waals surface area (Å²) in [4.78, 5) is 24.9. The van der Waals surface area contributed by atoms with Crippen LogP contribution in [0.5, 0.6) is 11.6 Å². The Balaban J connectivity index is 1.40. The molecule has 2 aromatic carbocycles. The van der Waals surface area contributed by atoms with Crippen molar-refractivity contribution in [3.63, 3.8) is 0 Å². The number of anilines is 1. The first-order chi connectivity index (χ1) is 14.9. The highest BCUT2D eigenvalue weighted by Gasteiger charge is 2.14. The molecule has 0 bridgehead atoms. The van der Waals surface area contributed by atoms with E-state index in [1.165, 1.54) is 11.9 Å². The minimum atomic E-state index is -0.157. The summed E-state index contributed by atoms with van der Waals surface area (Å²) in [6.07, 6.45) is 6.55. The maximum atomic E-state index is 12.5. The highest BCUT2D eigenvalue weighted by molar-refractivity contribution is 6.04. The molecule has 0 radical (unpaired) electrons. The molecule has 0 saturated heterocycles. The Morgan fingerprint density at radius 3 is 2.39 bits per heavy atom. The van der Waals surface area contributed by atoms with Crippen molar-refractivity contribution in [3.8, 4) is 17.4 Å². The quantitative estimate of drug-likeness (QED) is 0.498. The van der Waals surface area contributed by atoms with Crippen LogP contribution >= 0.6 is 0 Å². The van der Waals surface area contributed by atoms with Crippen LogP contribution in [0.25, 0.3) is 5.82 Å². The Morgan fingerprint density at radius 2 is 1.74 bits per heavy atom. The predicted octanol–water partition coefficient (Wildman–Crippen LogP) is 5.00. The van der Waals surface area contributed by atoms with Crippen LogP contribution in [0.15, 0.2) is 79.6 Å². The molecule has 0 saturated carbocycles. The van der Waals surface area contributed by atoms with Crippen molar-refractivity contribution in [3.05, 3.63) is 90.8 Å². The molecule has 4 aromatic rings. The lowest BCUT2D eigenvalue weighted by molar-refractivity contribution is 0.102. The molecular formula is C24H23N5O2. The van der Waals surface area contributed by atoms with Crippen molar-refractivity contribution in [1.29, 1.82) is 0 Å². The van der Waals surface area contributed by atoms with E-state index < -0.39 is 0 Å². The zero-order valence-electron chi connectivity index (χ0n) is 17.6. The smallest absolute Gasteiger partial charge is 0.255 e. The van der Waals surface area contributed by atoms with Crippen LogP contribution < -0.4 is 10.1 Å². The van der Waals surface area contributed by atoms with E-state index in [1.807, 2.05) is 24.3 Å². The number of hydrogen-bond donors (Lipinski definition) is 1. The fraction of sp³-hybridized carbons (Fsp3) is 0.167. The van der Waals surface area contributed by atoms with Crippen molar-refractivity contribution >= 4 is 11.6 Å². The lowest BCUT2D eigenvalue weighted by Crippen LogP contribution is -2.14. The summed E-state index contributed by atoms with van der Waals surface area (Å²) in [7, 11) is 0. The molecule has 0 aliphatic heterocycles. The van der Waals surface area contributed by atoms with Crippen LogP contribution in [0.1, 0.15) is 36.7 Å². The molecule has 31 heavy (non-hydrogen) atoms. The van der Waals surface area contributed by atoms with Gasteiger partial charge in [0.05, 0.1) is 0 Å².